The normalized spacial score (nSPS) is 27.8. The van der Waals surface area contributed by atoms with E-state index in [9.17, 15) is 15.0 Å². The van der Waals surface area contributed by atoms with E-state index in [-0.39, 0.29) is 13.0 Å². The molecule has 0 spiro atoms. The van der Waals surface area contributed by atoms with E-state index in [2.05, 4.69) is 0 Å². The van der Waals surface area contributed by atoms with Crippen LogP contribution < -0.4 is 0 Å². The first kappa shape index (κ1) is 18.0. The lowest BCUT2D eigenvalue weighted by Crippen LogP contribution is -2.62. The van der Waals surface area contributed by atoms with Crippen molar-refractivity contribution in [3.8, 4) is 0 Å². The zero-order valence-corrected chi connectivity index (χ0v) is 14.3. The lowest BCUT2D eigenvalue weighted by Gasteiger charge is -2.48. The van der Waals surface area contributed by atoms with Gasteiger partial charge in [-0.15, -0.1) is 0 Å². The molecule has 1 aromatic rings. The number of halogens is 1. The number of carbonyl (C=O) groups is 1. The first-order chi connectivity index (χ1) is 10.8. The highest BCUT2D eigenvalue weighted by molar-refractivity contribution is 6.30. The summed E-state index contributed by atoms with van der Waals surface area (Å²) in [5.74, 6) is 0. The average molecular weight is 342 g/mol. The minimum absolute atomic E-state index is 0.0110. The Morgan fingerprint density at radius 1 is 1.35 bits per heavy atom. The Morgan fingerprint density at radius 2 is 2.00 bits per heavy atom. The number of β-amino-alcohol motifs (C(OH)–C–C–N with tert-alkyl or cyclic N) is 1. The molecule has 6 heteroatoms. The maximum Gasteiger partial charge on any atom is 0.409 e. The van der Waals surface area contributed by atoms with Crippen molar-refractivity contribution >= 4 is 17.7 Å². The molecule has 1 heterocycles. The van der Waals surface area contributed by atoms with Gasteiger partial charge in [-0.3, -0.25) is 0 Å². The minimum Gasteiger partial charge on any atom is -0.449 e. The van der Waals surface area contributed by atoms with Crippen molar-refractivity contribution in [2.24, 2.45) is 0 Å². The van der Waals surface area contributed by atoms with Gasteiger partial charge in [0, 0.05) is 18.0 Å². The Hall–Kier alpha value is -1.30. The van der Waals surface area contributed by atoms with Gasteiger partial charge in [-0.1, -0.05) is 37.1 Å². The zero-order valence-electron chi connectivity index (χ0n) is 13.6. The Kier molecular flexibility index (Phi) is 5.55. The van der Waals surface area contributed by atoms with E-state index in [4.69, 9.17) is 16.3 Å². The summed E-state index contributed by atoms with van der Waals surface area (Å²) in [6, 6.07) is 6.75. The number of carbonyl (C=O) groups excluding carboxylic acids is 1. The van der Waals surface area contributed by atoms with Crippen molar-refractivity contribution in [1.29, 1.82) is 0 Å². The molecule has 1 saturated heterocycles. The van der Waals surface area contributed by atoms with E-state index < -0.39 is 17.3 Å². The number of hydrogen-bond donors (Lipinski definition) is 2. The van der Waals surface area contributed by atoms with Crippen LogP contribution in [0.25, 0.3) is 0 Å². The van der Waals surface area contributed by atoms with Gasteiger partial charge in [-0.2, -0.15) is 0 Å². The van der Waals surface area contributed by atoms with Gasteiger partial charge in [0.2, 0.25) is 0 Å². The summed E-state index contributed by atoms with van der Waals surface area (Å²) in [6.07, 6.45) is 1.54. The van der Waals surface area contributed by atoms with Crippen LogP contribution in [0.4, 0.5) is 4.79 Å². The molecular weight excluding hydrogens is 318 g/mol. The quantitative estimate of drug-likeness (QED) is 0.826. The van der Waals surface area contributed by atoms with Crippen LogP contribution >= 0.6 is 11.6 Å². The molecule has 128 valence electrons. The number of nitrogens with zero attached hydrogens (tertiary/aromatic N) is 1. The number of benzene rings is 1. The van der Waals surface area contributed by atoms with Crippen LogP contribution in [0.1, 0.15) is 38.7 Å². The molecule has 1 aromatic carbocycles. The topological polar surface area (TPSA) is 70.0 Å². The molecule has 2 atom stereocenters. The zero-order chi connectivity index (χ0) is 17.1. The smallest absolute Gasteiger partial charge is 0.409 e. The summed E-state index contributed by atoms with van der Waals surface area (Å²) in [7, 11) is 0. The second-order valence-corrected chi connectivity index (χ2v) is 6.72. The summed E-state index contributed by atoms with van der Waals surface area (Å²) in [6.45, 7) is 4.26. The molecule has 1 aliphatic heterocycles. The van der Waals surface area contributed by atoms with Crippen LogP contribution in [-0.4, -0.2) is 46.5 Å². The number of amides is 1. The van der Waals surface area contributed by atoms with Crippen LogP contribution in [0, 0.1) is 0 Å². The number of likely N-dealkylation sites (tertiary alicyclic amines) is 1. The van der Waals surface area contributed by atoms with Gasteiger partial charge in [-0.05, 0) is 31.0 Å². The summed E-state index contributed by atoms with van der Waals surface area (Å²) in [5, 5.41) is 22.3. The Morgan fingerprint density at radius 3 is 2.57 bits per heavy atom. The third kappa shape index (κ3) is 3.79. The van der Waals surface area contributed by atoms with Gasteiger partial charge in [0.1, 0.15) is 11.2 Å². The first-order valence-corrected chi connectivity index (χ1v) is 8.30. The van der Waals surface area contributed by atoms with Gasteiger partial charge in [0.15, 0.2) is 0 Å². The van der Waals surface area contributed by atoms with Crippen molar-refractivity contribution in [2.45, 2.75) is 44.3 Å². The number of piperidine rings is 1. The van der Waals surface area contributed by atoms with E-state index in [1.807, 2.05) is 6.92 Å². The van der Waals surface area contributed by atoms with Crippen molar-refractivity contribution in [3.63, 3.8) is 0 Å². The molecule has 23 heavy (non-hydrogen) atoms. The average Bonchev–Trinajstić information content (AvgIpc) is 2.50. The molecule has 5 nitrogen and oxygen atoms in total. The number of hydrogen-bond acceptors (Lipinski definition) is 4. The van der Waals surface area contributed by atoms with Gasteiger partial charge in [0.05, 0.1) is 13.2 Å². The summed E-state index contributed by atoms with van der Waals surface area (Å²) >= 11 is 5.88. The van der Waals surface area contributed by atoms with E-state index in [1.165, 1.54) is 11.8 Å². The third-order valence-corrected chi connectivity index (χ3v) is 4.69. The maximum absolute atomic E-state index is 12.0. The van der Waals surface area contributed by atoms with Gasteiger partial charge >= 0.3 is 6.09 Å². The van der Waals surface area contributed by atoms with Gasteiger partial charge in [-0.25, -0.2) is 4.79 Å². The second kappa shape index (κ2) is 7.07. The molecule has 0 bridgehead atoms. The molecule has 1 amide bonds. The van der Waals surface area contributed by atoms with Crippen molar-refractivity contribution in [1.82, 2.24) is 4.90 Å². The van der Waals surface area contributed by atoms with Crippen LogP contribution in [0.15, 0.2) is 24.3 Å². The fraction of sp³-hybridized carbons (Fsp3) is 0.588. The standard InChI is InChI=1S/C17H24ClNO4/c1-3-4-11-23-15(20)19-10-9-17(22,16(2,21)12-19)13-5-7-14(18)8-6-13/h5-8,21-22H,3-4,9-12H2,1-2H3. The molecular formula is C17H24ClNO4. The highest BCUT2D eigenvalue weighted by atomic mass is 35.5. The molecule has 0 aromatic heterocycles. The fourth-order valence-electron chi connectivity index (χ4n) is 2.88. The van der Waals surface area contributed by atoms with E-state index >= 15 is 0 Å². The van der Waals surface area contributed by atoms with Crippen molar-refractivity contribution < 1.29 is 19.7 Å². The molecule has 1 fully saturated rings. The van der Waals surface area contributed by atoms with Crippen LogP contribution in [0.5, 0.6) is 0 Å². The van der Waals surface area contributed by atoms with Crippen LogP contribution in [0.3, 0.4) is 0 Å². The Bertz CT molecular complexity index is 546. The lowest BCUT2D eigenvalue weighted by molar-refractivity contribution is -0.182. The molecule has 0 radical (unpaired) electrons. The Labute approximate surface area is 141 Å². The predicted octanol–water partition coefficient (Wildman–Crippen LogP) is 2.92. The number of unbranched alkanes of at least 4 members (excludes halogenated alkanes) is 1. The van der Waals surface area contributed by atoms with Crippen molar-refractivity contribution in [3.05, 3.63) is 34.9 Å². The number of rotatable bonds is 4. The van der Waals surface area contributed by atoms with Crippen LogP contribution in [-0.2, 0) is 10.3 Å². The summed E-state index contributed by atoms with van der Waals surface area (Å²) in [5.41, 5.74) is -2.33. The number of ether oxygens (including phenoxy) is 1. The Balaban J connectivity index is 2.10. The monoisotopic (exact) mass is 341 g/mol. The highest BCUT2D eigenvalue weighted by Crippen LogP contribution is 2.40. The summed E-state index contributed by atoms with van der Waals surface area (Å²) in [4.78, 5) is 13.5. The van der Waals surface area contributed by atoms with Gasteiger partial charge < -0.3 is 19.8 Å². The molecule has 0 saturated carbocycles. The predicted molar refractivity (Wildman–Crippen MR) is 88.4 cm³/mol. The van der Waals surface area contributed by atoms with Crippen molar-refractivity contribution in [2.75, 3.05) is 19.7 Å². The SMILES string of the molecule is CCCCOC(=O)N1CCC(O)(c2ccc(Cl)cc2)C(C)(O)C1. The summed E-state index contributed by atoms with van der Waals surface area (Å²) < 4.78 is 5.18. The van der Waals surface area contributed by atoms with E-state index in [1.54, 1.807) is 24.3 Å². The molecule has 0 aliphatic carbocycles. The molecule has 2 rings (SSSR count). The van der Waals surface area contributed by atoms with Gasteiger partial charge in [0.25, 0.3) is 0 Å². The van der Waals surface area contributed by atoms with E-state index in [0.29, 0.717) is 23.7 Å². The first-order valence-electron chi connectivity index (χ1n) is 7.92. The number of aliphatic hydroxyl groups is 2. The highest BCUT2D eigenvalue weighted by Gasteiger charge is 2.52. The maximum atomic E-state index is 12.0. The molecule has 1 aliphatic rings. The second-order valence-electron chi connectivity index (χ2n) is 6.28. The lowest BCUT2D eigenvalue weighted by atomic mass is 9.73. The minimum atomic E-state index is -1.48. The largest absolute Gasteiger partial charge is 0.449 e. The van der Waals surface area contributed by atoms with E-state index in [0.717, 1.165) is 12.8 Å². The fourth-order valence-corrected chi connectivity index (χ4v) is 3.01. The van der Waals surface area contributed by atoms with Crippen LogP contribution in [0.2, 0.25) is 5.02 Å². The molecule has 2 unspecified atom stereocenters. The molecule has 2 N–H and O–H groups in total. The third-order valence-electron chi connectivity index (χ3n) is 4.44.